The minimum atomic E-state index is -0.0355. The number of anilines is 1. The first-order valence-corrected chi connectivity index (χ1v) is 7.95. The van der Waals surface area contributed by atoms with Gasteiger partial charge in [-0.1, -0.05) is 54.6 Å². The Balaban J connectivity index is 0.00000182. The van der Waals surface area contributed by atoms with Gasteiger partial charge < -0.3 is 17.7 Å². The van der Waals surface area contributed by atoms with Gasteiger partial charge in [0.25, 0.3) is 5.91 Å². The molecule has 0 atom stereocenters. The number of pyridine rings is 1. The number of nitrogens with zero attached hydrogens (tertiary/aromatic N) is 1. The van der Waals surface area contributed by atoms with Gasteiger partial charge in [-0.3, -0.25) is 4.79 Å². The second-order valence-corrected chi connectivity index (χ2v) is 5.82. The van der Waals surface area contributed by atoms with Gasteiger partial charge in [0.05, 0.1) is 0 Å². The Morgan fingerprint density at radius 2 is 1.48 bits per heavy atom. The van der Waals surface area contributed by atoms with Crippen molar-refractivity contribution in [3.8, 4) is 0 Å². The fraction of sp³-hybridized carbons (Fsp3) is 0.0476. The number of fused-ring (bicyclic) bond motifs is 2. The molecule has 4 rings (SSSR count). The smallest absolute Gasteiger partial charge is 0.290 e. The quantitative estimate of drug-likeness (QED) is 0.549. The zero-order valence-electron chi connectivity index (χ0n) is 13.5. The molecule has 3 nitrogen and oxygen atoms in total. The van der Waals surface area contributed by atoms with E-state index in [1.165, 1.54) is 5.39 Å². The third-order valence-corrected chi connectivity index (χ3v) is 4.14. The van der Waals surface area contributed by atoms with Crippen LogP contribution in [-0.2, 0) is 11.3 Å². The molecule has 0 aliphatic heterocycles. The summed E-state index contributed by atoms with van der Waals surface area (Å²) in [6, 6.07) is 24.1. The SMILES string of the molecule is O=C(C[n+]1ccc2ccccc2c1)Nc1cccc2ccccc12.[Cl-]. The zero-order valence-corrected chi connectivity index (χ0v) is 14.3. The van der Waals surface area contributed by atoms with Crippen LogP contribution in [0.2, 0.25) is 0 Å². The molecule has 3 aromatic carbocycles. The Bertz CT molecular complexity index is 1040. The summed E-state index contributed by atoms with van der Waals surface area (Å²) < 4.78 is 1.91. The predicted octanol–water partition coefficient (Wildman–Crippen LogP) is 0.923. The first-order chi connectivity index (χ1) is 11.8. The highest BCUT2D eigenvalue weighted by molar-refractivity contribution is 6.01. The molecular formula is C21H17ClN2O. The van der Waals surface area contributed by atoms with Crippen LogP contribution in [0, 0.1) is 0 Å². The maximum Gasteiger partial charge on any atom is 0.290 e. The van der Waals surface area contributed by atoms with Crippen molar-refractivity contribution >= 4 is 33.1 Å². The number of carbonyl (C=O) groups excluding carboxylic acids is 1. The first-order valence-electron chi connectivity index (χ1n) is 7.95. The zero-order chi connectivity index (χ0) is 16.4. The van der Waals surface area contributed by atoms with E-state index in [1.54, 1.807) is 0 Å². The fourth-order valence-corrected chi connectivity index (χ4v) is 2.97. The van der Waals surface area contributed by atoms with Crippen molar-refractivity contribution in [2.75, 3.05) is 5.32 Å². The van der Waals surface area contributed by atoms with Gasteiger partial charge in [0, 0.05) is 22.5 Å². The van der Waals surface area contributed by atoms with E-state index in [1.807, 2.05) is 77.6 Å². The molecule has 0 radical (unpaired) electrons. The molecule has 0 bridgehead atoms. The van der Waals surface area contributed by atoms with Crippen LogP contribution >= 0.6 is 0 Å². The van der Waals surface area contributed by atoms with Crippen LogP contribution in [0.5, 0.6) is 0 Å². The van der Waals surface area contributed by atoms with Gasteiger partial charge in [0.1, 0.15) is 0 Å². The van der Waals surface area contributed by atoms with E-state index in [4.69, 9.17) is 0 Å². The molecule has 4 heteroatoms. The third kappa shape index (κ3) is 3.62. The predicted molar refractivity (Wildman–Crippen MR) is 96.7 cm³/mol. The molecule has 0 unspecified atom stereocenters. The van der Waals surface area contributed by atoms with Crippen LogP contribution in [0.1, 0.15) is 0 Å². The molecule has 0 fully saturated rings. The van der Waals surface area contributed by atoms with Gasteiger partial charge in [-0.15, -0.1) is 0 Å². The summed E-state index contributed by atoms with van der Waals surface area (Å²) in [6.07, 6.45) is 3.93. The number of hydrogen-bond acceptors (Lipinski definition) is 1. The third-order valence-electron chi connectivity index (χ3n) is 4.14. The number of rotatable bonds is 3. The van der Waals surface area contributed by atoms with Crippen molar-refractivity contribution in [2.45, 2.75) is 6.54 Å². The minimum Gasteiger partial charge on any atom is -1.00 e. The fourth-order valence-electron chi connectivity index (χ4n) is 2.97. The summed E-state index contributed by atoms with van der Waals surface area (Å²) in [6.45, 7) is 0.286. The average Bonchev–Trinajstić information content (AvgIpc) is 2.62. The topological polar surface area (TPSA) is 33.0 Å². The molecule has 0 saturated carbocycles. The van der Waals surface area contributed by atoms with Gasteiger partial charge in [-0.05, 0) is 22.9 Å². The lowest BCUT2D eigenvalue weighted by Crippen LogP contribution is -3.00. The average molecular weight is 349 g/mol. The van der Waals surface area contributed by atoms with E-state index in [2.05, 4.69) is 17.4 Å². The van der Waals surface area contributed by atoms with Crippen LogP contribution in [0.15, 0.2) is 85.2 Å². The van der Waals surface area contributed by atoms with Crippen molar-refractivity contribution in [1.29, 1.82) is 0 Å². The van der Waals surface area contributed by atoms with Crippen molar-refractivity contribution in [3.05, 3.63) is 85.2 Å². The van der Waals surface area contributed by atoms with Crippen molar-refractivity contribution < 1.29 is 21.8 Å². The Morgan fingerprint density at radius 3 is 2.32 bits per heavy atom. The van der Waals surface area contributed by atoms with Crippen LogP contribution in [0.3, 0.4) is 0 Å². The summed E-state index contributed by atoms with van der Waals surface area (Å²) in [5.74, 6) is -0.0355. The maximum absolute atomic E-state index is 12.4. The largest absolute Gasteiger partial charge is 1.00 e. The molecule has 1 amide bonds. The summed E-state index contributed by atoms with van der Waals surface area (Å²) in [4.78, 5) is 12.4. The van der Waals surface area contributed by atoms with Crippen LogP contribution < -0.4 is 22.3 Å². The second-order valence-electron chi connectivity index (χ2n) is 5.82. The molecule has 0 saturated heterocycles. The van der Waals surface area contributed by atoms with Gasteiger partial charge in [0.2, 0.25) is 6.54 Å². The molecule has 0 aliphatic carbocycles. The number of nitrogens with one attached hydrogen (secondary N) is 1. The number of aromatic nitrogens is 1. The molecular weight excluding hydrogens is 332 g/mol. The number of benzene rings is 3. The summed E-state index contributed by atoms with van der Waals surface area (Å²) in [5, 5.41) is 7.49. The molecule has 0 spiro atoms. The Kier molecular flexibility index (Phi) is 4.96. The molecule has 1 aromatic heterocycles. The Morgan fingerprint density at radius 1 is 0.800 bits per heavy atom. The molecule has 4 aromatic rings. The molecule has 0 aliphatic rings. The van der Waals surface area contributed by atoms with Gasteiger partial charge in [-0.2, -0.15) is 4.57 Å². The van der Waals surface area contributed by atoms with Crippen molar-refractivity contribution in [2.24, 2.45) is 0 Å². The highest BCUT2D eigenvalue weighted by Gasteiger charge is 2.11. The molecule has 124 valence electrons. The van der Waals surface area contributed by atoms with Gasteiger partial charge in [0.15, 0.2) is 12.4 Å². The van der Waals surface area contributed by atoms with Crippen LogP contribution in [-0.4, -0.2) is 5.91 Å². The van der Waals surface area contributed by atoms with Gasteiger partial charge in [-0.25, -0.2) is 0 Å². The van der Waals surface area contributed by atoms with E-state index in [0.29, 0.717) is 0 Å². The van der Waals surface area contributed by atoms with Gasteiger partial charge >= 0.3 is 0 Å². The van der Waals surface area contributed by atoms with E-state index in [0.717, 1.165) is 21.8 Å². The minimum absolute atomic E-state index is 0. The number of halogens is 1. The summed E-state index contributed by atoms with van der Waals surface area (Å²) in [7, 11) is 0. The van der Waals surface area contributed by atoms with Crippen molar-refractivity contribution in [1.82, 2.24) is 0 Å². The first kappa shape index (κ1) is 16.9. The van der Waals surface area contributed by atoms with Crippen molar-refractivity contribution in [3.63, 3.8) is 0 Å². The highest BCUT2D eigenvalue weighted by atomic mass is 35.5. The van der Waals surface area contributed by atoms with Crippen LogP contribution in [0.25, 0.3) is 21.5 Å². The Labute approximate surface area is 152 Å². The normalized spacial score (nSPS) is 10.4. The standard InChI is InChI=1S/C21H16N2O.ClH/c24-21(15-23-13-12-16-6-1-2-8-18(16)14-23)22-20-11-5-9-17-7-3-4-10-19(17)20;/h1-14H,15H2;1H. The number of amides is 1. The number of hydrogen-bond donors (Lipinski definition) is 1. The monoisotopic (exact) mass is 348 g/mol. The summed E-state index contributed by atoms with van der Waals surface area (Å²) in [5.41, 5.74) is 0.847. The lowest BCUT2D eigenvalue weighted by Gasteiger charge is -2.07. The molecule has 1 N–H and O–H groups in total. The molecule has 25 heavy (non-hydrogen) atoms. The van der Waals surface area contributed by atoms with E-state index < -0.39 is 0 Å². The van der Waals surface area contributed by atoms with E-state index >= 15 is 0 Å². The number of carbonyl (C=O) groups is 1. The molecule has 1 heterocycles. The summed E-state index contributed by atoms with van der Waals surface area (Å²) >= 11 is 0. The second kappa shape index (κ2) is 7.32. The van der Waals surface area contributed by atoms with E-state index in [9.17, 15) is 4.79 Å². The van der Waals surface area contributed by atoms with Crippen LogP contribution in [0.4, 0.5) is 5.69 Å². The Hall–Kier alpha value is -2.91. The lowest BCUT2D eigenvalue weighted by atomic mass is 10.1. The van der Waals surface area contributed by atoms with E-state index in [-0.39, 0.29) is 24.9 Å². The lowest BCUT2D eigenvalue weighted by molar-refractivity contribution is -0.682. The highest BCUT2D eigenvalue weighted by Crippen LogP contribution is 2.22. The maximum atomic E-state index is 12.4.